The standard InChI is InChI=1S/C9H4ClF5N2O/c10-8(11,12)7-16-5-2-1-4(3-6(5)17-7)18-9(13,14)15/h1-3H,(H,16,17). The molecule has 0 amide bonds. The first kappa shape index (κ1) is 12.9. The van der Waals surface area contributed by atoms with Gasteiger partial charge >= 0.3 is 11.7 Å². The number of hydrogen-bond donors (Lipinski definition) is 1. The third kappa shape index (κ3) is 2.81. The Balaban J connectivity index is 2.40. The predicted octanol–water partition coefficient (Wildman–Crippen LogP) is 3.75. The van der Waals surface area contributed by atoms with E-state index in [1.165, 1.54) is 0 Å². The first-order valence-corrected chi connectivity index (χ1v) is 4.86. The van der Waals surface area contributed by atoms with Crippen LogP contribution < -0.4 is 4.74 Å². The minimum Gasteiger partial charge on any atom is -0.406 e. The van der Waals surface area contributed by atoms with Crippen LogP contribution in [0, 0.1) is 0 Å². The minimum absolute atomic E-state index is 0.0351. The number of halogens is 6. The molecule has 0 saturated heterocycles. The highest BCUT2D eigenvalue weighted by Crippen LogP contribution is 2.32. The molecule has 0 unspecified atom stereocenters. The number of nitrogens with zero attached hydrogens (tertiary/aromatic N) is 1. The molecule has 1 aromatic heterocycles. The molecule has 9 heteroatoms. The lowest BCUT2D eigenvalue weighted by atomic mass is 10.3. The van der Waals surface area contributed by atoms with Gasteiger partial charge in [-0.3, -0.25) is 0 Å². The third-order valence-electron chi connectivity index (χ3n) is 1.96. The molecule has 0 atom stereocenters. The number of H-pyrrole nitrogens is 1. The molecule has 0 spiro atoms. The summed E-state index contributed by atoms with van der Waals surface area (Å²) in [5.74, 6) is -1.38. The molecule has 0 fully saturated rings. The van der Waals surface area contributed by atoms with Crippen molar-refractivity contribution < 1.29 is 26.7 Å². The molecule has 1 aromatic carbocycles. The summed E-state index contributed by atoms with van der Waals surface area (Å²) >= 11 is 4.74. The number of nitrogens with one attached hydrogen (secondary N) is 1. The van der Waals surface area contributed by atoms with Gasteiger partial charge in [-0.15, -0.1) is 13.2 Å². The van der Waals surface area contributed by atoms with E-state index in [1.807, 2.05) is 0 Å². The smallest absolute Gasteiger partial charge is 0.406 e. The van der Waals surface area contributed by atoms with E-state index in [1.54, 1.807) is 0 Å². The zero-order valence-electron chi connectivity index (χ0n) is 8.36. The number of rotatable bonds is 2. The molecular formula is C9H4ClF5N2O. The molecule has 1 heterocycles. The van der Waals surface area contributed by atoms with E-state index < -0.39 is 23.3 Å². The lowest BCUT2D eigenvalue weighted by Crippen LogP contribution is -2.16. The average molecular weight is 287 g/mol. The van der Waals surface area contributed by atoms with Crippen molar-refractivity contribution in [2.24, 2.45) is 0 Å². The van der Waals surface area contributed by atoms with Crippen molar-refractivity contribution in [2.75, 3.05) is 0 Å². The van der Waals surface area contributed by atoms with Gasteiger partial charge in [0.25, 0.3) is 0 Å². The fourth-order valence-electron chi connectivity index (χ4n) is 1.32. The van der Waals surface area contributed by atoms with Crippen molar-refractivity contribution >= 4 is 22.6 Å². The van der Waals surface area contributed by atoms with Gasteiger partial charge < -0.3 is 9.72 Å². The van der Waals surface area contributed by atoms with E-state index in [4.69, 9.17) is 11.6 Å². The van der Waals surface area contributed by atoms with E-state index in [0.29, 0.717) is 0 Å². The maximum absolute atomic E-state index is 12.7. The normalized spacial score (nSPS) is 13.0. The van der Waals surface area contributed by atoms with Crippen LogP contribution in [0.4, 0.5) is 22.0 Å². The highest BCUT2D eigenvalue weighted by Gasteiger charge is 2.33. The number of alkyl halides is 6. The first-order chi connectivity index (χ1) is 8.15. The number of hydrogen-bond acceptors (Lipinski definition) is 2. The second-order valence-electron chi connectivity index (χ2n) is 3.31. The average Bonchev–Trinajstić information content (AvgIpc) is 2.57. The van der Waals surface area contributed by atoms with Crippen LogP contribution in [0.3, 0.4) is 0 Å². The van der Waals surface area contributed by atoms with Gasteiger partial charge in [0, 0.05) is 6.07 Å². The van der Waals surface area contributed by atoms with Crippen LogP contribution in [0.2, 0.25) is 0 Å². The summed E-state index contributed by atoms with van der Waals surface area (Å²) in [6.07, 6.45) is -4.85. The van der Waals surface area contributed by atoms with Crippen molar-refractivity contribution in [2.45, 2.75) is 11.7 Å². The quantitative estimate of drug-likeness (QED) is 0.674. The molecule has 18 heavy (non-hydrogen) atoms. The fraction of sp³-hybridized carbons (Fsp3) is 0.222. The molecule has 98 valence electrons. The molecule has 0 saturated carbocycles. The Bertz CT molecular complexity index is 574. The predicted molar refractivity (Wildman–Crippen MR) is 52.5 cm³/mol. The Morgan fingerprint density at radius 1 is 1.17 bits per heavy atom. The fourth-order valence-corrected chi connectivity index (χ4v) is 1.41. The van der Waals surface area contributed by atoms with E-state index in [-0.39, 0.29) is 11.0 Å². The van der Waals surface area contributed by atoms with E-state index in [2.05, 4.69) is 14.7 Å². The topological polar surface area (TPSA) is 37.9 Å². The van der Waals surface area contributed by atoms with Gasteiger partial charge in [0.1, 0.15) is 5.75 Å². The van der Waals surface area contributed by atoms with Gasteiger partial charge in [0.05, 0.1) is 11.0 Å². The number of fused-ring (bicyclic) bond motifs is 1. The molecule has 2 aromatic rings. The van der Waals surface area contributed by atoms with E-state index in [0.717, 1.165) is 18.2 Å². The summed E-state index contributed by atoms with van der Waals surface area (Å²) in [6, 6.07) is 2.98. The van der Waals surface area contributed by atoms with Gasteiger partial charge in [-0.25, -0.2) is 4.98 Å². The second kappa shape index (κ2) is 3.98. The number of aromatic nitrogens is 2. The Hall–Kier alpha value is -1.57. The summed E-state index contributed by atoms with van der Waals surface area (Å²) in [7, 11) is 0. The highest BCUT2D eigenvalue weighted by molar-refractivity contribution is 6.21. The van der Waals surface area contributed by atoms with Crippen molar-refractivity contribution in [3.05, 3.63) is 24.0 Å². The van der Waals surface area contributed by atoms with Gasteiger partial charge in [-0.1, -0.05) is 0 Å². The summed E-state index contributed by atoms with van der Waals surface area (Å²) < 4.78 is 64.9. The molecule has 0 aliphatic heterocycles. The van der Waals surface area contributed by atoms with Crippen LogP contribution >= 0.6 is 11.6 Å². The van der Waals surface area contributed by atoms with Crippen molar-refractivity contribution in [1.29, 1.82) is 0 Å². The monoisotopic (exact) mass is 286 g/mol. The van der Waals surface area contributed by atoms with Crippen molar-refractivity contribution in [3.63, 3.8) is 0 Å². The molecule has 0 aliphatic rings. The summed E-state index contributed by atoms with van der Waals surface area (Å²) in [4.78, 5) is 5.57. The second-order valence-corrected chi connectivity index (χ2v) is 3.78. The SMILES string of the molecule is FC(F)(F)Oc1ccc2nc(C(F)(F)Cl)[nH]c2c1. The third-order valence-corrected chi connectivity index (χ3v) is 2.13. The first-order valence-electron chi connectivity index (χ1n) is 4.48. The zero-order valence-corrected chi connectivity index (χ0v) is 9.11. The van der Waals surface area contributed by atoms with E-state index in [9.17, 15) is 22.0 Å². The largest absolute Gasteiger partial charge is 0.573 e. The lowest BCUT2D eigenvalue weighted by Gasteiger charge is -2.07. The number of aromatic amines is 1. The Kier molecular flexibility index (Phi) is 2.84. The Labute approximate surface area is 102 Å². The molecule has 3 nitrogen and oxygen atoms in total. The number of imidazole rings is 1. The summed E-state index contributed by atoms with van der Waals surface area (Å²) in [5, 5.41) is -3.72. The molecule has 0 aliphatic carbocycles. The molecular weight excluding hydrogens is 283 g/mol. The highest BCUT2D eigenvalue weighted by atomic mass is 35.5. The lowest BCUT2D eigenvalue weighted by molar-refractivity contribution is -0.274. The van der Waals surface area contributed by atoms with Crippen LogP contribution in [0.5, 0.6) is 5.75 Å². The minimum atomic E-state index is -4.85. The maximum atomic E-state index is 12.7. The molecule has 1 N–H and O–H groups in total. The van der Waals surface area contributed by atoms with Crippen molar-refractivity contribution in [3.8, 4) is 5.75 Å². The van der Waals surface area contributed by atoms with Gasteiger partial charge in [-0.05, 0) is 23.7 Å². The molecule has 0 radical (unpaired) electrons. The molecule has 0 bridgehead atoms. The van der Waals surface area contributed by atoms with Gasteiger partial charge in [0.15, 0.2) is 5.82 Å². The van der Waals surface area contributed by atoms with Crippen LogP contribution in [0.25, 0.3) is 11.0 Å². The number of benzene rings is 1. The zero-order chi connectivity index (χ0) is 13.6. The van der Waals surface area contributed by atoms with E-state index >= 15 is 0 Å². The molecule has 2 rings (SSSR count). The van der Waals surface area contributed by atoms with Gasteiger partial charge in [-0.2, -0.15) is 8.78 Å². The Morgan fingerprint density at radius 2 is 1.83 bits per heavy atom. The van der Waals surface area contributed by atoms with Crippen molar-refractivity contribution in [1.82, 2.24) is 9.97 Å². The van der Waals surface area contributed by atoms with Gasteiger partial charge in [0.2, 0.25) is 0 Å². The van der Waals surface area contributed by atoms with Crippen LogP contribution in [-0.2, 0) is 5.38 Å². The van der Waals surface area contributed by atoms with Crippen LogP contribution in [0.15, 0.2) is 18.2 Å². The summed E-state index contributed by atoms with van der Waals surface area (Å²) in [5.41, 5.74) is 0.0203. The number of ether oxygens (including phenoxy) is 1. The van der Waals surface area contributed by atoms with Crippen LogP contribution in [-0.4, -0.2) is 16.3 Å². The Morgan fingerprint density at radius 3 is 2.39 bits per heavy atom. The van der Waals surface area contributed by atoms with Crippen LogP contribution in [0.1, 0.15) is 5.82 Å². The summed E-state index contributed by atoms with van der Waals surface area (Å²) in [6.45, 7) is 0. The maximum Gasteiger partial charge on any atom is 0.573 e.